The molecule has 2 N–H and O–H groups in total. The maximum absolute atomic E-state index is 13.9. The van der Waals surface area contributed by atoms with Crippen molar-refractivity contribution in [2.24, 2.45) is 0 Å². The summed E-state index contributed by atoms with van der Waals surface area (Å²) in [4.78, 5) is 25.2. The summed E-state index contributed by atoms with van der Waals surface area (Å²) in [6, 6.07) is 10.1. The zero-order chi connectivity index (χ0) is 25.9. The third-order valence-corrected chi connectivity index (χ3v) is 7.37. The van der Waals surface area contributed by atoms with Crippen molar-refractivity contribution >= 4 is 97.1 Å². The van der Waals surface area contributed by atoms with Crippen LogP contribution >= 0.6 is 73.9 Å². The summed E-state index contributed by atoms with van der Waals surface area (Å²) in [6.07, 6.45) is -0.222. The van der Waals surface area contributed by atoms with E-state index in [0.29, 0.717) is 26.1 Å². The number of carbonyl (C=O) groups is 2. The second-order valence-corrected chi connectivity index (χ2v) is 11.1. The van der Waals surface area contributed by atoms with Gasteiger partial charge in [-0.05, 0) is 64.0 Å². The van der Waals surface area contributed by atoms with Crippen LogP contribution < -0.4 is 10.6 Å². The molecular formula is C23H14BrCl5F2N2O2. The zero-order valence-corrected chi connectivity index (χ0v) is 22.7. The lowest BCUT2D eigenvalue weighted by molar-refractivity contribution is -0.116. The number of anilines is 2. The van der Waals surface area contributed by atoms with Crippen LogP contribution in [-0.2, 0) is 11.2 Å². The monoisotopic (exact) mass is 642 g/mol. The topological polar surface area (TPSA) is 58.2 Å². The van der Waals surface area contributed by atoms with E-state index < -0.39 is 27.8 Å². The number of alkyl halides is 2. The first-order valence-electron chi connectivity index (χ1n) is 9.72. The maximum atomic E-state index is 13.9. The number of rotatable bonds is 7. The fourth-order valence-electron chi connectivity index (χ4n) is 3.07. The molecule has 0 aliphatic rings. The van der Waals surface area contributed by atoms with E-state index in [1.165, 1.54) is 18.2 Å². The van der Waals surface area contributed by atoms with Gasteiger partial charge in [0.15, 0.2) is 0 Å². The molecule has 35 heavy (non-hydrogen) atoms. The van der Waals surface area contributed by atoms with E-state index in [0.717, 1.165) is 12.1 Å². The van der Waals surface area contributed by atoms with Gasteiger partial charge < -0.3 is 10.6 Å². The van der Waals surface area contributed by atoms with Gasteiger partial charge in [-0.2, -0.15) is 0 Å². The normalized spacial score (nSPS) is 11.3. The Labute approximate surface area is 233 Å². The Morgan fingerprint density at radius 3 is 2.17 bits per heavy atom. The molecule has 0 saturated heterocycles. The molecule has 0 aliphatic heterocycles. The number of nitrogens with one attached hydrogen (secondary N) is 2. The number of benzene rings is 3. The molecule has 2 amide bonds. The van der Waals surface area contributed by atoms with Crippen molar-refractivity contribution in [2.75, 3.05) is 10.6 Å². The van der Waals surface area contributed by atoms with Gasteiger partial charge in [-0.15, -0.1) is 23.2 Å². The van der Waals surface area contributed by atoms with Crippen molar-refractivity contribution in [3.8, 4) is 0 Å². The van der Waals surface area contributed by atoms with E-state index >= 15 is 0 Å². The molecule has 0 atom stereocenters. The number of carbonyl (C=O) groups excluding carboxylic acids is 2. The summed E-state index contributed by atoms with van der Waals surface area (Å²) >= 11 is 34.3. The SMILES string of the molecule is O=C(CC(Cl)(Cl)Cc1cc(Cl)c(Br)c(Cl)c1)Nc1ccc(Cl)c(C(=O)Nc2ccc(F)cc2F)c1. The van der Waals surface area contributed by atoms with Gasteiger partial charge in [0.25, 0.3) is 5.91 Å². The van der Waals surface area contributed by atoms with Crippen molar-refractivity contribution in [1.29, 1.82) is 0 Å². The van der Waals surface area contributed by atoms with E-state index in [-0.39, 0.29) is 34.8 Å². The van der Waals surface area contributed by atoms with Crippen molar-refractivity contribution in [3.63, 3.8) is 0 Å². The number of halogens is 8. The number of amides is 2. The minimum absolute atomic E-state index is 0.0460. The molecule has 0 fully saturated rings. The first kappa shape index (κ1) is 28.0. The van der Waals surface area contributed by atoms with Crippen LogP contribution in [0.25, 0.3) is 0 Å². The molecule has 0 aromatic heterocycles. The average Bonchev–Trinajstić information content (AvgIpc) is 2.74. The van der Waals surface area contributed by atoms with Gasteiger partial charge in [0, 0.05) is 18.2 Å². The molecule has 4 nitrogen and oxygen atoms in total. The van der Waals surface area contributed by atoms with Crippen molar-refractivity contribution in [1.82, 2.24) is 0 Å². The molecule has 3 aromatic rings. The van der Waals surface area contributed by atoms with Crippen molar-refractivity contribution in [3.05, 3.63) is 90.8 Å². The molecule has 0 saturated carbocycles. The molecule has 3 aromatic carbocycles. The van der Waals surface area contributed by atoms with Crippen LogP contribution in [0.1, 0.15) is 22.3 Å². The van der Waals surface area contributed by atoms with Crippen molar-refractivity contribution < 1.29 is 18.4 Å². The summed E-state index contributed by atoms with van der Waals surface area (Å²) in [5.74, 6) is -3.04. The van der Waals surface area contributed by atoms with Crippen LogP contribution in [0.4, 0.5) is 20.2 Å². The van der Waals surface area contributed by atoms with Gasteiger partial charge >= 0.3 is 0 Å². The highest BCUT2D eigenvalue weighted by Gasteiger charge is 2.29. The van der Waals surface area contributed by atoms with Gasteiger partial charge in [0.05, 0.1) is 37.2 Å². The van der Waals surface area contributed by atoms with Gasteiger partial charge in [-0.1, -0.05) is 34.8 Å². The van der Waals surface area contributed by atoms with Gasteiger partial charge in [-0.3, -0.25) is 9.59 Å². The summed E-state index contributed by atoms with van der Waals surface area (Å²) in [7, 11) is 0. The first-order chi connectivity index (χ1) is 16.3. The van der Waals surface area contributed by atoms with Gasteiger partial charge in [0.1, 0.15) is 16.0 Å². The summed E-state index contributed by atoms with van der Waals surface area (Å²) in [5, 5.41) is 5.69. The number of hydrogen-bond donors (Lipinski definition) is 2. The fraction of sp³-hybridized carbons (Fsp3) is 0.130. The Kier molecular flexibility index (Phi) is 9.29. The molecule has 12 heteroatoms. The Hall–Kier alpha value is -1.61. The fourth-order valence-corrected chi connectivity index (χ4v) is 4.58. The van der Waals surface area contributed by atoms with Crippen LogP contribution in [0.15, 0.2) is 53.0 Å². The van der Waals surface area contributed by atoms with E-state index in [9.17, 15) is 18.4 Å². The summed E-state index contributed by atoms with van der Waals surface area (Å²) in [5.41, 5.74) is 0.571. The number of hydrogen-bond acceptors (Lipinski definition) is 2. The standard InChI is InChI=1S/C23H14BrCl5F2N2O2/c24-21-16(26)5-11(6-17(21)27)9-23(28,29)10-20(34)32-13-2-3-15(25)14(8-13)22(35)33-19-4-1-12(30)7-18(19)31/h1-8H,9-10H2,(H,32,34)(H,33,35). The highest BCUT2D eigenvalue weighted by atomic mass is 79.9. The van der Waals surface area contributed by atoms with Crippen LogP contribution in [-0.4, -0.2) is 16.1 Å². The van der Waals surface area contributed by atoms with E-state index in [1.807, 2.05) is 0 Å². The predicted octanol–water partition coefficient (Wildman–Crippen LogP) is 8.69. The Morgan fingerprint density at radius 1 is 0.886 bits per heavy atom. The molecule has 3 rings (SSSR count). The molecule has 0 heterocycles. The van der Waals surface area contributed by atoms with Gasteiger partial charge in [0.2, 0.25) is 5.91 Å². The highest BCUT2D eigenvalue weighted by molar-refractivity contribution is 9.10. The van der Waals surface area contributed by atoms with Crippen molar-refractivity contribution in [2.45, 2.75) is 17.2 Å². The molecule has 0 bridgehead atoms. The van der Waals surface area contributed by atoms with Crippen LogP contribution in [0.3, 0.4) is 0 Å². The zero-order valence-electron chi connectivity index (χ0n) is 17.4. The van der Waals surface area contributed by atoms with E-state index in [1.54, 1.807) is 12.1 Å². The van der Waals surface area contributed by atoms with E-state index in [4.69, 9.17) is 58.0 Å². The highest BCUT2D eigenvalue weighted by Crippen LogP contribution is 2.36. The second-order valence-electron chi connectivity index (χ2n) is 7.40. The lowest BCUT2D eigenvalue weighted by atomic mass is 10.1. The molecule has 0 aliphatic carbocycles. The molecule has 0 unspecified atom stereocenters. The minimum Gasteiger partial charge on any atom is -0.326 e. The third kappa shape index (κ3) is 7.68. The third-order valence-electron chi connectivity index (χ3n) is 4.60. The molecule has 184 valence electrons. The van der Waals surface area contributed by atoms with Gasteiger partial charge in [-0.25, -0.2) is 8.78 Å². The average molecular weight is 646 g/mol. The maximum Gasteiger partial charge on any atom is 0.257 e. The second kappa shape index (κ2) is 11.6. The Balaban J connectivity index is 1.69. The Bertz CT molecular complexity index is 1280. The van der Waals surface area contributed by atoms with E-state index in [2.05, 4.69) is 26.6 Å². The van der Waals surface area contributed by atoms with Crippen LogP contribution in [0.5, 0.6) is 0 Å². The van der Waals surface area contributed by atoms with Crippen LogP contribution in [0.2, 0.25) is 15.1 Å². The molecule has 0 spiro atoms. The minimum atomic E-state index is -1.49. The summed E-state index contributed by atoms with van der Waals surface area (Å²) < 4.78 is 26.0. The largest absolute Gasteiger partial charge is 0.326 e. The summed E-state index contributed by atoms with van der Waals surface area (Å²) in [6.45, 7) is 0. The van der Waals surface area contributed by atoms with Crippen LogP contribution in [0, 0.1) is 11.6 Å². The smallest absolute Gasteiger partial charge is 0.257 e. The predicted molar refractivity (Wildman–Crippen MR) is 141 cm³/mol. The first-order valence-corrected chi connectivity index (χ1v) is 12.4. The lowest BCUT2D eigenvalue weighted by Crippen LogP contribution is -2.25. The molecule has 0 radical (unpaired) electrons. The quantitative estimate of drug-likeness (QED) is 0.200. The Morgan fingerprint density at radius 2 is 1.54 bits per heavy atom. The molecular weight excluding hydrogens is 631 g/mol. The lowest BCUT2D eigenvalue weighted by Gasteiger charge is -2.20.